The number of carbonyl (C=O) groups is 2. The van der Waals surface area contributed by atoms with Crippen molar-refractivity contribution >= 4 is 30.3 Å². The first-order valence-corrected chi connectivity index (χ1v) is 27.1. The van der Waals surface area contributed by atoms with E-state index in [2.05, 4.69) is 163 Å². The van der Waals surface area contributed by atoms with E-state index < -0.39 is 10.8 Å². The molecular formula is C65H88BNO8. The molecule has 0 N–H and O–H groups in total. The maximum absolute atomic E-state index is 12.3. The third kappa shape index (κ3) is 14.4. The lowest BCUT2D eigenvalue weighted by Gasteiger charge is -2.34. The molecule has 9 nitrogen and oxygen atoms in total. The van der Waals surface area contributed by atoms with Crippen molar-refractivity contribution in [2.24, 2.45) is 10.8 Å². The Hall–Kier alpha value is -5.67. The van der Waals surface area contributed by atoms with Gasteiger partial charge in [-0.05, 0) is 156 Å². The van der Waals surface area contributed by atoms with Crippen molar-refractivity contribution in [3.8, 4) is 22.8 Å². The number of hydrogen-bond acceptors (Lipinski definition) is 9. The molecule has 6 rings (SSSR count). The first kappa shape index (κ1) is 61.9. The van der Waals surface area contributed by atoms with Crippen LogP contribution in [0.2, 0.25) is 0 Å². The van der Waals surface area contributed by atoms with Gasteiger partial charge in [-0.2, -0.15) is 9.59 Å². The summed E-state index contributed by atoms with van der Waals surface area (Å²) in [5.74, 6) is 1.75. The molecular weight excluding hydrogens is 934 g/mol. The fourth-order valence-electron chi connectivity index (χ4n) is 9.88. The lowest BCUT2D eigenvalue weighted by atomic mass is 9.68. The smallest absolute Gasteiger partial charge is 0.486 e. The zero-order valence-electron chi connectivity index (χ0n) is 49.1. The number of aryl methyl sites for hydroxylation is 5. The summed E-state index contributed by atoms with van der Waals surface area (Å²) >= 11 is 0. The second kappa shape index (κ2) is 25.5. The van der Waals surface area contributed by atoms with Gasteiger partial charge in [0.1, 0.15) is 24.7 Å². The summed E-state index contributed by atoms with van der Waals surface area (Å²) in [7, 11) is -0.365. The molecule has 0 unspecified atom stereocenters. The molecule has 10 heteroatoms. The Kier molecular flexibility index (Phi) is 21.0. The van der Waals surface area contributed by atoms with Gasteiger partial charge in [0.05, 0.1) is 16.9 Å². The number of pyridine rings is 1. The highest BCUT2D eigenvalue weighted by Gasteiger charge is 2.52. The minimum absolute atomic E-state index is 0.0911. The summed E-state index contributed by atoms with van der Waals surface area (Å²) in [5, 5.41) is 0. The number of Topliss-reactive ketones (excluding diaryl/α,β-unsaturated/α-hetero) is 2. The third-order valence-corrected chi connectivity index (χ3v) is 16.0. The molecule has 0 bridgehead atoms. The Morgan fingerprint density at radius 1 is 0.560 bits per heavy atom. The van der Waals surface area contributed by atoms with Crippen LogP contribution in [0, 0.1) is 38.5 Å². The van der Waals surface area contributed by atoms with Gasteiger partial charge >= 0.3 is 13.3 Å². The highest BCUT2D eigenvalue weighted by atomic mass is 16.7. The second-order valence-electron chi connectivity index (χ2n) is 23.5. The highest BCUT2D eigenvalue weighted by molar-refractivity contribution is 6.62. The SMILES string of the molecule is CCC(CC)(c1ccc(OCC(=O)C(C)(C)C)c(C)c1)c1ccc(B2OC(C)(C)C(C)(C)O2)c(C)c1.CCCc1ccc(-c2ccc(C(CC)(CC)c3ccc(OCC(=O)C(C)(C)C)c(C)c3)cc2C)nc1.O=C=O. The van der Waals surface area contributed by atoms with Gasteiger partial charge in [-0.1, -0.05) is 155 Å². The highest BCUT2D eigenvalue weighted by Crippen LogP contribution is 2.44. The molecule has 1 aliphatic rings. The molecule has 0 aliphatic carbocycles. The number of ether oxygens (including phenoxy) is 2. The molecule has 0 saturated carbocycles. The molecule has 1 aliphatic heterocycles. The summed E-state index contributed by atoms with van der Waals surface area (Å²) in [6, 6.07) is 30.8. The second-order valence-corrected chi connectivity index (χ2v) is 23.5. The summed E-state index contributed by atoms with van der Waals surface area (Å²) in [6.07, 6.45) is 8.39. The van der Waals surface area contributed by atoms with Crippen LogP contribution in [-0.4, -0.2) is 54.2 Å². The molecule has 5 aromatic rings. The number of ketones is 2. The largest absolute Gasteiger partial charge is 0.495 e. The van der Waals surface area contributed by atoms with Gasteiger partial charge in [0.2, 0.25) is 0 Å². The van der Waals surface area contributed by atoms with Crippen LogP contribution < -0.4 is 14.9 Å². The molecule has 4 aromatic carbocycles. The molecule has 0 radical (unpaired) electrons. The molecule has 0 atom stereocenters. The topological polar surface area (TPSA) is 118 Å². The Balaban J connectivity index is 0.000000308. The Morgan fingerprint density at radius 2 is 0.947 bits per heavy atom. The predicted molar refractivity (Wildman–Crippen MR) is 305 cm³/mol. The number of nitrogens with zero attached hydrogens (tertiary/aromatic N) is 1. The molecule has 1 saturated heterocycles. The van der Waals surface area contributed by atoms with E-state index in [0.29, 0.717) is 0 Å². The monoisotopic (exact) mass is 1020 g/mol. The number of rotatable bonds is 18. The quantitative estimate of drug-likeness (QED) is 0.0791. The fourth-order valence-corrected chi connectivity index (χ4v) is 9.88. The lowest BCUT2D eigenvalue weighted by Crippen LogP contribution is -2.41. The normalized spacial score (nSPS) is 14.2. The Labute approximate surface area is 451 Å². The van der Waals surface area contributed by atoms with Crippen LogP contribution in [0.25, 0.3) is 11.3 Å². The van der Waals surface area contributed by atoms with E-state index in [1.807, 2.05) is 59.9 Å². The van der Waals surface area contributed by atoms with Crippen molar-refractivity contribution in [2.75, 3.05) is 13.2 Å². The molecule has 0 amide bonds. The van der Waals surface area contributed by atoms with Gasteiger partial charge in [0, 0.05) is 33.4 Å². The van der Waals surface area contributed by atoms with E-state index in [9.17, 15) is 9.59 Å². The zero-order chi connectivity index (χ0) is 56.3. The number of aromatic nitrogens is 1. The van der Waals surface area contributed by atoms with Crippen LogP contribution in [0.4, 0.5) is 0 Å². The third-order valence-electron chi connectivity index (χ3n) is 16.0. The predicted octanol–water partition coefficient (Wildman–Crippen LogP) is 14.5. The van der Waals surface area contributed by atoms with Crippen molar-refractivity contribution in [1.82, 2.24) is 4.98 Å². The van der Waals surface area contributed by atoms with Gasteiger partial charge < -0.3 is 18.8 Å². The van der Waals surface area contributed by atoms with Crippen LogP contribution in [0.1, 0.15) is 186 Å². The zero-order valence-corrected chi connectivity index (χ0v) is 49.1. The maximum Gasteiger partial charge on any atom is 0.495 e. The number of carbonyl (C=O) groups excluding carboxylic acids is 4. The average Bonchev–Trinajstić information content (AvgIpc) is 3.57. The van der Waals surface area contributed by atoms with E-state index >= 15 is 0 Å². The summed E-state index contributed by atoms with van der Waals surface area (Å²) in [4.78, 5) is 45.7. The minimum atomic E-state index is -0.405. The summed E-state index contributed by atoms with van der Waals surface area (Å²) in [5.41, 5.74) is 12.5. The van der Waals surface area contributed by atoms with Crippen LogP contribution in [0.3, 0.4) is 0 Å². The summed E-state index contributed by atoms with van der Waals surface area (Å²) < 4.78 is 24.5. The van der Waals surface area contributed by atoms with Gasteiger partial charge in [0.25, 0.3) is 0 Å². The number of hydrogen-bond donors (Lipinski definition) is 0. The van der Waals surface area contributed by atoms with E-state index in [1.54, 1.807) is 0 Å². The van der Waals surface area contributed by atoms with Gasteiger partial charge in [-0.3, -0.25) is 14.6 Å². The Bertz CT molecular complexity index is 2750. The van der Waals surface area contributed by atoms with E-state index in [1.165, 1.54) is 44.5 Å². The standard InChI is InChI=1S/C33H43NO2.C31H45BO4.CO2/c1-9-12-25-13-17-29(34-21-25)28-16-14-26(19-23(28)4)33(10-2,11-3)27-15-18-30(24(5)20-27)36-22-31(35)32(6,7)8;1-12-31(13-2,24-15-17-26(22(4)19-24)34-20-27(33)28(5,6)7)23-14-16-25(21(3)18-23)32-35-29(8,9)30(10,11)36-32;2-1-3/h13-21H,9-12,22H2,1-8H3;14-19H,12-13,20H2,1-11H3;. The van der Waals surface area contributed by atoms with Crippen LogP contribution in [0.15, 0.2) is 91.1 Å². The van der Waals surface area contributed by atoms with Crippen molar-refractivity contribution in [1.29, 1.82) is 0 Å². The van der Waals surface area contributed by atoms with Crippen molar-refractivity contribution in [3.05, 3.63) is 141 Å². The lowest BCUT2D eigenvalue weighted by molar-refractivity contribution is -0.191. The average molecular weight is 1020 g/mol. The first-order chi connectivity index (χ1) is 35.0. The van der Waals surface area contributed by atoms with Crippen molar-refractivity contribution in [3.63, 3.8) is 0 Å². The van der Waals surface area contributed by atoms with Crippen LogP contribution >= 0.6 is 0 Å². The molecule has 75 heavy (non-hydrogen) atoms. The van der Waals surface area contributed by atoms with Crippen molar-refractivity contribution in [2.45, 2.75) is 192 Å². The Morgan fingerprint density at radius 3 is 1.28 bits per heavy atom. The molecule has 2 heterocycles. The maximum atomic E-state index is 12.3. The van der Waals surface area contributed by atoms with E-state index in [-0.39, 0.29) is 60.1 Å². The van der Waals surface area contributed by atoms with E-state index in [0.717, 1.165) is 72.3 Å². The first-order valence-electron chi connectivity index (χ1n) is 27.1. The van der Waals surface area contributed by atoms with Crippen molar-refractivity contribution < 1.29 is 38.0 Å². The van der Waals surface area contributed by atoms with Crippen LogP contribution in [0.5, 0.6) is 11.5 Å². The van der Waals surface area contributed by atoms with Crippen LogP contribution in [-0.2, 0) is 45.7 Å². The van der Waals surface area contributed by atoms with E-state index in [4.69, 9.17) is 33.4 Å². The molecule has 0 spiro atoms. The molecule has 1 fully saturated rings. The summed E-state index contributed by atoms with van der Waals surface area (Å²) in [6.45, 7) is 39.8. The fraction of sp³-hybridized carbons (Fsp3) is 0.508. The van der Waals surface area contributed by atoms with Gasteiger partial charge in [-0.15, -0.1) is 0 Å². The van der Waals surface area contributed by atoms with Gasteiger partial charge in [0.15, 0.2) is 11.6 Å². The van der Waals surface area contributed by atoms with Gasteiger partial charge in [-0.25, -0.2) is 0 Å². The number of benzene rings is 4. The molecule has 404 valence electrons. The minimum Gasteiger partial charge on any atom is -0.486 e. The molecule has 1 aromatic heterocycles.